The van der Waals surface area contributed by atoms with E-state index in [0.29, 0.717) is 29.0 Å². The fourth-order valence-corrected chi connectivity index (χ4v) is 5.43. The molecule has 2 unspecified atom stereocenters. The number of benzene rings is 1. The first kappa shape index (κ1) is 23.9. The minimum Gasteiger partial charge on any atom is -0.465 e. The number of carboxylic acid groups (broad SMARTS) is 1. The molecule has 0 aliphatic carbocycles. The molecule has 3 rings (SSSR count). The molecule has 172 valence electrons. The van der Waals surface area contributed by atoms with Crippen LogP contribution in [0.25, 0.3) is 0 Å². The molecule has 1 N–H and O–H groups in total. The average Bonchev–Trinajstić information content (AvgIpc) is 2.72. The highest BCUT2D eigenvalue weighted by molar-refractivity contribution is 6.33. The van der Waals surface area contributed by atoms with E-state index in [4.69, 9.17) is 11.6 Å². The topological polar surface area (TPSA) is 64.1 Å². The van der Waals surface area contributed by atoms with E-state index in [0.717, 1.165) is 31.5 Å². The number of halogens is 1. The largest absolute Gasteiger partial charge is 0.465 e. The number of carbonyl (C=O) groups is 2. The van der Waals surface area contributed by atoms with Crippen LogP contribution in [-0.2, 0) is 0 Å². The van der Waals surface area contributed by atoms with Gasteiger partial charge in [-0.15, -0.1) is 0 Å². The summed E-state index contributed by atoms with van der Waals surface area (Å²) in [4.78, 5) is 29.8. The fraction of sp³-hybridized carbons (Fsp3) is 0.667. The maximum Gasteiger partial charge on any atom is 0.407 e. The first-order valence-electron chi connectivity index (χ1n) is 11.2. The van der Waals surface area contributed by atoms with Crippen LogP contribution >= 0.6 is 11.6 Å². The van der Waals surface area contributed by atoms with Crippen LogP contribution in [0.4, 0.5) is 4.79 Å². The Kier molecular flexibility index (Phi) is 7.21. The van der Waals surface area contributed by atoms with Crippen LogP contribution in [0.15, 0.2) is 18.2 Å². The lowest BCUT2D eigenvalue weighted by atomic mass is 9.75. The van der Waals surface area contributed by atoms with E-state index in [-0.39, 0.29) is 17.5 Å². The van der Waals surface area contributed by atoms with Crippen molar-refractivity contribution in [2.24, 2.45) is 11.8 Å². The molecule has 2 heterocycles. The maximum absolute atomic E-state index is 12.3. The molecule has 31 heavy (non-hydrogen) atoms. The predicted molar refractivity (Wildman–Crippen MR) is 124 cm³/mol. The van der Waals surface area contributed by atoms with Crippen molar-refractivity contribution in [2.75, 3.05) is 33.7 Å². The number of likely N-dealkylation sites (tertiary alicyclic amines) is 2. The van der Waals surface area contributed by atoms with Gasteiger partial charge in [0.25, 0.3) is 5.91 Å². The van der Waals surface area contributed by atoms with Crippen LogP contribution < -0.4 is 0 Å². The lowest BCUT2D eigenvalue weighted by Gasteiger charge is -2.46. The van der Waals surface area contributed by atoms with Gasteiger partial charge in [0.05, 0.1) is 16.6 Å². The van der Waals surface area contributed by atoms with Crippen molar-refractivity contribution in [3.05, 3.63) is 34.3 Å². The Bertz CT molecular complexity index is 813. The van der Waals surface area contributed by atoms with Gasteiger partial charge in [0.1, 0.15) is 0 Å². The van der Waals surface area contributed by atoms with E-state index in [1.165, 1.54) is 17.7 Å². The Morgan fingerprint density at radius 3 is 2.19 bits per heavy atom. The Balaban J connectivity index is 1.77. The molecule has 6 nitrogen and oxygen atoms in total. The molecule has 0 spiro atoms. The Morgan fingerprint density at radius 2 is 1.68 bits per heavy atom. The quantitative estimate of drug-likeness (QED) is 0.706. The SMILES string of the molecule is CN(C)C(=O)c1ccc(C2CC(C3CCN(C(C)(C)C)CC3)CCN2C(=O)O)cc1Cl. The zero-order valence-electron chi connectivity index (χ0n) is 19.4. The molecule has 1 aromatic rings. The zero-order chi connectivity index (χ0) is 22.9. The minimum atomic E-state index is -0.893. The maximum atomic E-state index is 12.3. The van der Waals surface area contributed by atoms with Crippen LogP contribution in [0.3, 0.4) is 0 Å². The summed E-state index contributed by atoms with van der Waals surface area (Å²) in [5.74, 6) is 0.977. The van der Waals surface area contributed by atoms with Crippen molar-refractivity contribution >= 4 is 23.6 Å². The minimum absolute atomic E-state index is 0.154. The molecule has 2 fully saturated rings. The molecule has 7 heteroatoms. The van der Waals surface area contributed by atoms with E-state index in [1.807, 2.05) is 6.07 Å². The molecule has 0 bridgehead atoms. The smallest absolute Gasteiger partial charge is 0.407 e. The summed E-state index contributed by atoms with van der Waals surface area (Å²) in [5, 5.41) is 10.2. The summed E-state index contributed by atoms with van der Waals surface area (Å²) < 4.78 is 0. The molecule has 2 amide bonds. The summed E-state index contributed by atoms with van der Waals surface area (Å²) in [7, 11) is 3.38. The fourth-order valence-electron chi connectivity index (χ4n) is 5.16. The first-order chi connectivity index (χ1) is 14.5. The van der Waals surface area contributed by atoms with E-state index < -0.39 is 6.09 Å². The van der Waals surface area contributed by atoms with E-state index >= 15 is 0 Å². The molecule has 2 atom stereocenters. The predicted octanol–water partition coefficient (Wildman–Crippen LogP) is 4.98. The number of nitrogens with zero attached hydrogens (tertiary/aromatic N) is 3. The van der Waals surface area contributed by atoms with Gasteiger partial charge in [-0.05, 0) is 89.1 Å². The van der Waals surface area contributed by atoms with Crippen LogP contribution in [0.2, 0.25) is 5.02 Å². The summed E-state index contributed by atoms with van der Waals surface area (Å²) in [6, 6.07) is 5.15. The zero-order valence-corrected chi connectivity index (χ0v) is 20.2. The number of hydrogen-bond acceptors (Lipinski definition) is 3. The van der Waals surface area contributed by atoms with Crippen molar-refractivity contribution in [3.8, 4) is 0 Å². The highest BCUT2D eigenvalue weighted by Gasteiger charge is 2.38. The lowest BCUT2D eigenvalue weighted by molar-refractivity contribution is 0.0356. The second kappa shape index (κ2) is 9.37. The normalized spacial score (nSPS) is 23.6. The van der Waals surface area contributed by atoms with Crippen molar-refractivity contribution in [1.29, 1.82) is 0 Å². The number of amides is 2. The van der Waals surface area contributed by atoms with Crippen molar-refractivity contribution in [1.82, 2.24) is 14.7 Å². The highest BCUT2D eigenvalue weighted by Crippen LogP contribution is 2.42. The Labute approximate surface area is 191 Å². The summed E-state index contributed by atoms with van der Waals surface area (Å²) in [5.41, 5.74) is 1.52. The number of hydrogen-bond donors (Lipinski definition) is 1. The third-order valence-corrected chi connectivity index (χ3v) is 7.37. The second-order valence-electron chi connectivity index (χ2n) is 10.2. The first-order valence-corrected chi connectivity index (χ1v) is 11.6. The van der Waals surface area contributed by atoms with Crippen molar-refractivity contribution in [2.45, 2.75) is 58.0 Å². The van der Waals surface area contributed by atoms with Gasteiger partial charge in [0.2, 0.25) is 0 Å². The van der Waals surface area contributed by atoms with Gasteiger partial charge in [-0.1, -0.05) is 17.7 Å². The van der Waals surface area contributed by atoms with Crippen LogP contribution in [0, 0.1) is 11.8 Å². The Hall–Kier alpha value is -1.79. The molecular weight excluding hydrogens is 414 g/mol. The van der Waals surface area contributed by atoms with Gasteiger partial charge in [-0.2, -0.15) is 0 Å². The molecule has 2 aliphatic heterocycles. The second-order valence-corrected chi connectivity index (χ2v) is 10.6. The standard InChI is InChI=1S/C24H36ClN3O3/c1-24(2,3)27-11-8-16(9-12-27)17-10-13-28(23(30)31)21(15-17)18-6-7-19(20(25)14-18)22(29)26(4)5/h6-7,14,16-17,21H,8-13,15H2,1-5H3,(H,30,31). The Morgan fingerprint density at radius 1 is 1.06 bits per heavy atom. The molecular formula is C24H36ClN3O3. The average molecular weight is 450 g/mol. The summed E-state index contributed by atoms with van der Waals surface area (Å²) in [6.45, 7) is 9.55. The van der Waals surface area contributed by atoms with Gasteiger partial charge >= 0.3 is 6.09 Å². The molecule has 1 aromatic carbocycles. The monoisotopic (exact) mass is 449 g/mol. The third-order valence-electron chi connectivity index (χ3n) is 7.06. The van der Waals surface area contributed by atoms with Crippen molar-refractivity contribution in [3.63, 3.8) is 0 Å². The molecule has 2 aliphatic rings. The van der Waals surface area contributed by atoms with Crippen LogP contribution in [0.5, 0.6) is 0 Å². The number of rotatable bonds is 3. The lowest BCUT2D eigenvalue weighted by Crippen LogP contribution is -2.48. The van der Waals surface area contributed by atoms with Crippen molar-refractivity contribution < 1.29 is 14.7 Å². The van der Waals surface area contributed by atoms with E-state index in [9.17, 15) is 14.7 Å². The molecule has 2 saturated heterocycles. The molecule has 0 aromatic heterocycles. The van der Waals surface area contributed by atoms with Gasteiger partial charge < -0.3 is 14.9 Å². The van der Waals surface area contributed by atoms with E-state index in [1.54, 1.807) is 31.1 Å². The summed E-state index contributed by atoms with van der Waals surface area (Å²) >= 11 is 6.44. The summed E-state index contributed by atoms with van der Waals surface area (Å²) in [6.07, 6.45) is 3.16. The third kappa shape index (κ3) is 5.35. The molecule has 0 radical (unpaired) electrons. The van der Waals surface area contributed by atoms with E-state index in [2.05, 4.69) is 25.7 Å². The number of piperidine rings is 2. The van der Waals surface area contributed by atoms with Gasteiger partial charge in [0.15, 0.2) is 0 Å². The van der Waals surface area contributed by atoms with Gasteiger partial charge in [-0.25, -0.2) is 4.79 Å². The van der Waals surface area contributed by atoms with Gasteiger partial charge in [-0.3, -0.25) is 9.69 Å². The number of carbonyl (C=O) groups excluding carboxylic acids is 1. The highest BCUT2D eigenvalue weighted by atomic mass is 35.5. The van der Waals surface area contributed by atoms with Gasteiger partial charge in [0, 0.05) is 26.2 Å². The van der Waals surface area contributed by atoms with Crippen LogP contribution in [0.1, 0.15) is 68.4 Å². The van der Waals surface area contributed by atoms with Crippen LogP contribution in [-0.4, -0.2) is 71.1 Å². The molecule has 0 saturated carbocycles.